The zero-order valence-corrected chi connectivity index (χ0v) is 8.49. The molecular weight excluding hydrogens is 160 g/mol. The molecule has 2 aliphatic carbocycles. The van der Waals surface area contributed by atoms with Crippen molar-refractivity contribution >= 4 is 5.78 Å². The standard InChI is InChI=1S/C12H18O/c1-8(2)10-4-3-9-5-6-12(13)11(9)7-10/h3-4,8-11H,5-7H2,1-2H3/t9-,10-,11-/m1/s1. The van der Waals surface area contributed by atoms with Gasteiger partial charge in [-0.1, -0.05) is 26.0 Å². The molecule has 13 heavy (non-hydrogen) atoms. The number of carbonyl (C=O) groups excluding carboxylic acids is 1. The number of ketones is 1. The predicted octanol–water partition coefficient (Wildman–Crippen LogP) is 2.81. The van der Waals surface area contributed by atoms with Crippen LogP contribution >= 0.6 is 0 Å². The Morgan fingerprint density at radius 3 is 2.85 bits per heavy atom. The summed E-state index contributed by atoms with van der Waals surface area (Å²) in [6, 6.07) is 0. The first-order valence-electron chi connectivity index (χ1n) is 5.39. The van der Waals surface area contributed by atoms with Gasteiger partial charge in [0.15, 0.2) is 0 Å². The Balaban J connectivity index is 2.12. The lowest BCUT2D eigenvalue weighted by molar-refractivity contribution is -0.121. The van der Waals surface area contributed by atoms with Crippen molar-refractivity contribution in [1.29, 1.82) is 0 Å². The minimum Gasteiger partial charge on any atom is -0.299 e. The van der Waals surface area contributed by atoms with Crippen LogP contribution < -0.4 is 0 Å². The molecule has 0 radical (unpaired) electrons. The van der Waals surface area contributed by atoms with Gasteiger partial charge in [-0.25, -0.2) is 0 Å². The van der Waals surface area contributed by atoms with Gasteiger partial charge < -0.3 is 0 Å². The third-order valence-corrected chi connectivity index (χ3v) is 3.64. The molecule has 0 aromatic rings. The summed E-state index contributed by atoms with van der Waals surface area (Å²) < 4.78 is 0. The van der Waals surface area contributed by atoms with Crippen LogP contribution in [0.1, 0.15) is 33.1 Å². The van der Waals surface area contributed by atoms with E-state index in [1.165, 1.54) is 0 Å². The number of hydrogen-bond donors (Lipinski definition) is 0. The van der Waals surface area contributed by atoms with Crippen LogP contribution in [0.2, 0.25) is 0 Å². The molecule has 1 heteroatoms. The summed E-state index contributed by atoms with van der Waals surface area (Å²) in [5.41, 5.74) is 0. The van der Waals surface area contributed by atoms with Crippen molar-refractivity contribution in [1.82, 2.24) is 0 Å². The summed E-state index contributed by atoms with van der Waals surface area (Å²) in [4.78, 5) is 11.5. The number of carbonyl (C=O) groups is 1. The fraction of sp³-hybridized carbons (Fsp3) is 0.750. The van der Waals surface area contributed by atoms with Crippen molar-refractivity contribution in [2.24, 2.45) is 23.7 Å². The molecule has 0 aromatic carbocycles. The molecule has 0 bridgehead atoms. The van der Waals surface area contributed by atoms with Gasteiger partial charge in [-0.3, -0.25) is 4.79 Å². The highest BCUT2D eigenvalue weighted by molar-refractivity contribution is 5.84. The quantitative estimate of drug-likeness (QED) is 0.564. The summed E-state index contributed by atoms with van der Waals surface area (Å²) in [6.45, 7) is 4.49. The topological polar surface area (TPSA) is 17.1 Å². The van der Waals surface area contributed by atoms with Crippen molar-refractivity contribution in [2.75, 3.05) is 0 Å². The highest BCUT2D eigenvalue weighted by atomic mass is 16.1. The molecular formula is C12H18O. The Kier molecular flexibility index (Phi) is 2.27. The van der Waals surface area contributed by atoms with Crippen LogP contribution in [0, 0.1) is 23.7 Å². The van der Waals surface area contributed by atoms with Crippen LogP contribution in [0.15, 0.2) is 12.2 Å². The second-order valence-electron chi connectivity index (χ2n) is 4.80. The average molecular weight is 178 g/mol. The Morgan fingerprint density at radius 1 is 1.38 bits per heavy atom. The molecule has 0 saturated heterocycles. The number of rotatable bonds is 1. The summed E-state index contributed by atoms with van der Waals surface area (Å²) in [5.74, 6) is 2.80. The molecule has 2 aliphatic rings. The molecule has 2 rings (SSSR count). The lowest BCUT2D eigenvalue weighted by Gasteiger charge is -2.27. The Labute approximate surface area is 80.2 Å². The van der Waals surface area contributed by atoms with Crippen LogP contribution in [0.5, 0.6) is 0 Å². The minimum atomic E-state index is 0.373. The molecule has 1 nitrogen and oxygen atoms in total. The zero-order chi connectivity index (χ0) is 9.42. The summed E-state index contributed by atoms with van der Waals surface area (Å²) in [7, 11) is 0. The fourth-order valence-electron chi connectivity index (χ4n) is 2.62. The zero-order valence-electron chi connectivity index (χ0n) is 8.49. The maximum Gasteiger partial charge on any atom is 0.136 e. The monoisotopic (exact) mass is 178 g/mol. The lowest BCUT2D eigenvalue weighted by atomic mass is 9.76. The van der Waals surface area contributed by atoms with Crippen molar-refractivity contribution in [3.8, 4) is 0 Å². The van der Waals surface area contributed by atoms with Gasteiger partial charge in [-0.2, -0.15) is 0 Å². The van der Waals surface area contributed by atoms with Crippen molar-refractivity contribution in [2.45, 2.75) is 33.1 Å². The van der Waals surface area contributed by atoms with E-state index in [2.05, 4.69) is 26.0 Å². The molecule has 1 saturated carbocycles. The van der Waals surface area contributed by atoms with Gasteiger partial charge in [0.1, 0.15) is 5.78 Å². The van der Waals surface area contributed by atoms with Crippen LogP contribution in [-0.4, -0.2) is 5.78 Å². The number of fused-ring (bicyclic) bond motifs is 1. The predicted molar refractivity (Wildman–Crippen MR) is 53.3 cm³/mol. The average Bonchev–Trinajstić information content (AvgIpc) is 2.47. The molecule has 0 spiro atoms. The molecule has 0 heterocycles. The van der Waals surface area contributed by atoms with Gasteiger partial charge in [-0.05, 0) is 30.6 Å². The first-order chi connectivity index (χ1) is 6.18. The first-order valence-corrected chi connectivity index (χ1v) is 5.39. The van der Waals surface area contributed by atoms with E-state index in [0.717, 1.165) is 19.3 Å². The molecule has 0 aliphatic heterocycles. The van der Waals surface area contributed by atoms with E-state index in [4.69, 9.17) is 0 Å². The highest BCUT2D eigenvalue weighted by Gasteiger charge is 2.37. The van der Waals surface area contributed by atoms with Gasteiger partial charge in [0, 0.05) is 12.3 Å². The second-order valence-corrected chi connectivity index (χ2v) is 4.80. The largest absolute Gasteiger partial charge is 0.299 e. The van der Waals surface area contributed by atoms with Crippen LogP contribution in [0.3, 0.4) is 0 Å². The lowest BCUT2D eigenvalue weighted by Crippen LogP contribution is -2.23. The molecule has 0 unspecified atom stereocenters. The van der Waals surface area contributed by atoms with Gasteiger partial charge in [0.2, 0.25) is 0 Å². The molecule has 3 atom stereocenters. The number of Topliss-reactive ketones (excluding diaryl/α,β-unsaturated/α-hetero) is 1. The third-order valence-electron chi connectivity index (χ3n) is 3.64. The fourth-order valence-corrected chi connectivity index (χ4v) is 2.62. The maximum atomic E-state index is 11.5. The van der Waals surface area contributed by atoms with Gasteiger partial charge in [0.05, 0.1) is 0 Å². The summed E-state index contributed by atoms with van der Waals surface area (Å²) in [5, 5.41) is 0. The number of hydrogen-bond acceptors (Lipinski definition) is 1. The Bertz CT molecular complexity index is 240. The molecule has 72 valence electrons. The van der Waals surface area contributed by atoms with Crippen molar-refractivity contribution < 1.29 is 4.79 Å². The van der Waals surface area contributed by atoms with Crippen LogP contribution in [0.25, 0.3) is 0 Å². The van der Waals surface area contributed by atoms with Gasteiger partial charge in [-0.15, -0.1) is 0 Å². The SMILES string of the molecule is CC(C)[C@@H]1C=C[C@@H]2CCC(=O)[C@@H]2C1. The minimum absolute atomic E-state index is 0.373. The summed E-state index contributed by atoms with van der Waals surface area (Å²) in [6.07, 6.45) is 7.67. The van der Waals surface area contributed by atoms with Crippen molar-refractivity contribution in [3.05, 3.63) is 12.2 Å². The van der Waals surface area contributed by atoms with E-state index in [-0.39, 0.29) is 0 Å². The molecule has 1 fully saturated rings. The van der Waals surface area contributed by atoms with E-state index in [9.17, 15) is 4.79 Å². The second kappa shape index (κ2) is 3.28. The first kappa shape index (κ1) is 8.98. The molecule has 0 N–H and O–H groups in total. The van der Waals surface area contributed by atoms with E-state index in [1.807, 2.05) is 0 Å². The molecule has 0 aromatic heterocycles. The normalized spacial score (nSPS) is 38.4. The van der Waals surface area contributed by atoms with Crippen LogP contribution in [0.4, 0.5) is 0 Å². The van der Waals surface area contributed by atoms with E-state index >= 15 is 0 Å². The highest BCUT2D eigenvalue weighted by Crippen LogP contribution is 2.40. The molecule has 0 amide bonds. The van der Waals surface area contributed by atoms with Crippen LogP contribution in [-0.2, 0) is 4.79 Å². The maximum absolute atomic E-state index is 11.5. The van der Waals surface area contributed by atoms with Gasteiger partial charge >= 0.3 is 0 Å². The summed E-state index contributed by atoms with van der Waals surface area (Å²) >= 11 is 0. The third kappa shape index (κ3) is 1.56. The smallest absolute Gasteiger partial charge is 0.136 e. The van der Waals surface area contributed by atoms with Gasteiger partial charge in [0.25, 0.3) is 0 Å². The Hall–Kier alpha value is -0.590. The number of allylic oxidation sites excluding steroid dienone is 2. The van der Waals surface area contributed by atoms with E-state index < -0.39 is 0 Å². The van der Waals surface area contributed by atoms with E-state index in [0.29, 0.717) is 29.5 Å². The van der Waals surface area contributed by atoms with Crippen molar-refractivity contribution in [3.63, 3.8) is 0 Å². The Morgan fingerprint density at radius 2 is 2.15 bits per heavy atom. The van der Waals surface area contributed by atoms with E-state index in [1.54, 1.807) is 0 Å².